The van der Waals surface area contributed by atoms with E-state index in [0.717, 1.165) is 31.5 Å². The predicted molar refractivity (Wildman–Crippen MR) is 83.2 cm³/mol. The Morgan fingerprint density at radius 2 is 1.91 bits per heavy atom. The molecule has 1 aliphatic heterocycles. The number of hydrogen-bond donors (Lipinski definition) is 1. The second-order valence-electron chi connectivity index (χ2n) is 5.99. The van der Waals surface area contributed by atoms with Gasteiger partial charge in [-0.2, -0.15) is 4.98 Å². The molecule has 0 radical (unpaired) electrons. The van der Waals surface area contributed by atoms with Crippen molar-refractivity contribution < 1.29 is 8.91 Å². The lowest BCUT2D eigenvalue weighted by Crippen LogP contribution is -2.44. The van der Waals surface area contributed by atoms with Gasteiger partial charge in [-0.05, 0) is 37.1 Å². The lowest BCUT2D eigenvalue weighted by atomic mass is 10.0. The number of nitrogens with zero attached hydrogens (tertiary/aromatic N) is 3. The second-order valence-corrected chi connectivity index (χ2v) is 5.99. The average molecular weight is 304 g/mol. The van der Waals surface area contributed by atoms with Crippen LogP contribution < -0.4 is 10.2 Å². The number of hydrogen-bond acceptors (Lipinski definition) is 5. The summed E-state index contributed by atoms with van der Waals surface area (Å²) in [7, 11) is 0. The SMILES string of the molecule is CC(C)NC1CCN(c2nc(-c3ccc(F)cc3)no2)CC1. The van der Waals surface area contributed by atoms with Crippen molar-refractivity contribution in [2.45, 2.75) is 38.8 Å². The number of rotatable bonds is 4. The number of aromatic nitrogens is 2. The van der Waals surface area contributed by atoms with Crippen LogP contribution in [0.15, 0.2) is 28.8 Å². The Bertz CT molecular complexity index is 603. The van der Waals surface area contributed by atoms with Crippen molar-refractivity contribution in [3.8, 4) is 11.4 Å². The number of anilines is 1. The minimum Gasteiger partial charge on any atom is -0.324 e. The summed E-state index contributed by atoms with van der Waals surface area (Å²) in [6.45, 7) is 6.13. The molecule has 1 aromatic heterocycles. The molecule has 118 valence electrons. The predicted octanol–water partition coefficient (Wildman–Crippen LogP) is 2.84. The van der Waals surface area contributed by atoms with E-state index in [-0.39, 0.29) is 5.82 Å². The molecule has 0 atom stereocenters. The van der Waals surface area contributed by atoms with Gasteiger partial charge in [0.25, 0.3) is 0 Å². The molecule has 0 saturated carbocycles. The van der Waals surface area contributed by atoms with Gasteiger partial charge in [0.1, 0.15) is 5.82 Å². The highest BCUT2D eigenvalue weighted by Crippen LogP contribution is 2.22. The summed E-state index contributed by atoms with van der Waals surface area (Å²) in [6.07, 6.45) is 2.12. The highest BCUT2D eigenvalue weighted by Gasteiger charge is 2.23. The van der Waals surface area contributed by atoms with E-state index < -0.39 is 0 Å². The summed E-state index contributed by atoms with van der Waals surface area (Å²) >= 11 is 0. The summed E-state index contributed by atoms with van der Waals surface area (Å²) in [6, 6.07) is 7.71. The summed E-state index contributed by atoms with van der Waals surface area (Å²) in [4.78, 5) is 6.53. The van der Waals surface area contributed by atoms with E-state index in [0.29, 0.717) is 23.9 Å². The normalized spacial score (nSPS) is 16.5. The average Bonchev–Trinajstić information content (AvgIpc) is 2.98. The molecule has 0 aliphatic carbocycles. The van der Waals surface area contributed by atoms with Gasteiger partial charge in [0.2, 0.25) is 5.82 Å². The minimum absolute atomic E-state index is 0.271. The molecule has 1 fully saturated rings. The molecule has 1 aliphatic rings. The summed E-state index contributed by atoms with van der Waals surface area (Å²) in [5, 5.41) is 7.55. The molecule has 1 aromatic carbocycles. The molecular formula is C16H21FN4O. The highest BCUT2D eigenvalue weighted by atomic mass is 19.1. The monoisotopic (exact) mass is 304 g/mol. The van der Waals surface area contributed by atoms with Gasteiger partial charge >= 0.3 is 6.01 Å². The Morgan fingerprint density at radius 1 is 1.23 bits per heavy atom. The van der Waals surface area contributed by atoms with E-state index >= 15 is 0 Å². The number of benzene rings is 1. The van der Waals surface area contributed by atoms with Crippen LogP contribution in [0, 0.1) is 5.82 Å². The van der Waals surface area contributed by atoms with E-state index in [9.17, 15) is 4.39 Å². The third-order valence-corrected chi connectivity index (χ3v) is 3.85. The van der Waals surface area contributed by atoms with Gasteiger partial charge in [0.15, 0.2) is 0 Å². The standard InChI is InChI=1S/C16H21FN4O/c1-11(2)18-14-7-9-21(10-8-14)16-19-15(20-22-16)12-3-5-13(17)6-4-12/h3-6,11,14,18H,7-10H2,1-2H3. The Kier molecular flexibility index (Phi) is 4.38. The lowest BCUT2D eigenvalue weighted by molar-refractivity contribution is 0.358. The van der Waals surface area contributed by atoms with E-state index in [1.54, 1.807) is 12.1 Å². The third-order valence-electron chi connectivity index (χ3n) is 3.85. The molecule has 5 nitrogen and oxygen atoms in total. The van der Waals surface area contributed by atoms with Crippen molar-refractivity contribution in [2.75, 3.05) is 18.0 Å². The minimum atomic E-state index is -0.271. The Hall–Kier alpha value is -1.95. The molecule has 2 aromatic rings. The van der Waals surface area contributed by atoms with Crippen molar-refractivity contribution in [3.63, 3.8) is 0 Å². The molecule has 2 heterocycles. The first-order valence-corrected chi connectivity index (χ1v) is 7.72. The first-order chi connectivity index (χ1) is 10.6. The van der Waals surface area contributed by atoms with E-state index in [4.69, 9.17) is 4.52 Å². The molecule has 0 bridgehead atoms. The van der Waals surface area contributed by atoms with Gasteiger partial charge in [0.05, 0.1) is 0 Å². The van der Waals surface area contributed by atoms with Crippen LogP contribution >= 0.6 is 0 Å². The van der Waals surface area contributed by atoms with E-state index in [1.165, 1.54) is 12.1 Å². The Balaban J connectivity index is 1.64. The van der Waals surface area contributed by atoms with Crippen LogP contribution in [0.5, 0.6) is 0 Å². The molecule has 1 saturated heterocycles. The van der Waals surface area contributed by atoms with E-state index in [1.807, 2.05) is 0 Å². The Labute approximate surface area is 129 Å². The van der Waals surface area contributed by atoms with Gasteiger partial charge in [-0.15, -0.1) is 0 Å². The van der Waals surface area contributed by atoms with Crippen molar-refractivity contribution >= 4 is 6.01 Å². The summed E-state index contributed by atoms with van der Waals surface area (Å²) < 4.78 is 18.3. The second kappa shape index (κ2) is 6.44. The van der Waals surface area contributed by atoms with Crippen LogP contribution in [0.3, 0.4) is 0 Å². The Morgan fingerprint density at radius 3 is 2.55 bits per heavy atom. The fraction of sp³-hybridized carbons (Fsp3) is 0.500. The van der Waals surface area contributed by atoms with Crippen LogP contribution in [0.4, 0.5) is 10.4 Å². The zero-order chi connectivity index (χ0) is 15.5. The largest absolute Gasteiger partial charge is 0.324 e. The van der Waals surface area contributed by atoms with Crippen LogP contribution in [0.2, 0.25) is 0 Å². The first-order valence-electron chi connectivity index (χ1n) is 7.72. The zero-order valence-electron chi connectivity index (χ0n) is 12.9. The molecule has 3 rings (SSSR count). The maximum absolute atomic E-state index is 12.9. The van der Waals surface area contributed by atoms with Crippen molar-refractivity contribution in [1.82, 2.24) is 15.5 Å². The van der Waals surface area contributed by atoms with Crippen LogP contribution in [-0.4, -0.2) is 35.3 Å². The maximum atomic E-state index is 12.9. The number of piperidine rings is 1. The van der Waals surface area contributed by atoms with Crippen molar-refractivity contribution in [1.29, 1.82) is 0 Å². The molecule has 1 N–H and O–H groups in total. The van der Waals surface area contributed by atoms with Gasteiger partial charge in [-0.25, -0.2) is 4.39 Å². The van der Waals surface area contributed by atoms with Crippen molar-refractivity contribution in [3.05, 3.63) is 30.1 Å². The molecular weight excluding hydrogens is 283 g/mol. The summed E-state index contributed by atoms with van der Waals surface area (Å²) in [5.41, 5.74) is 0.757. The quantitative estimate of drug-likeness (QED) is 0.941. The van der Waals surface area contributed by atoms with Gasteiger partial charge in [-0.1, -0.05) is 19.0 Å². The lowest BCUT2D eigenvalue weighted by Gasteiger charge is -2.32. The fourth-order valence-electron chi connectivity index (χ4n) is 2.77. The topological polar surface area (TPSA) is 54.2 Å². The third kappa shape index (κ3) is 3.44. The van der Waals surface area contributed by atoms with Crippen LogP contribution in [-0.2, 0) is 0 Å². The highest BCUT2D eigenvalue weighted by molar-refractivity contribution is 5.55. The van der Waals surface area contributed by atoms with Gasteiger partial charge < -0.3 is 14.7 Å². The molecule has 0 unspecified atom stereocenters. The van der Waals surface area contributed by atoms with Gasteiger partial charge in [0, 0.05) is 30.7 Å². The van der Waals surface area contributed by atoms with E-state index in [2.05, 4.69) is 34.2 Å². The summed E-state index contributed by atoms with van der Waals surface area (Å²) in [5.74, 6) is 0.227. The van der Waals surface area contributed by atoms with Crippen molar-refractivity contribution in [2.24, 2.45) is 0 Å². The maximum Gasteiger partial charge on any atom is 0.324 e. The molecule has 0 spiro atoms. The van der Waals surface area contributed by atoms with Crippen LogP contribution in [0.25, 0.3) is 11.4 Å². The zero-order valence-corrected chi connectivity index (χ0v) is 12.9. The number of halogens is 1. The smallest absolute Gasteiger partial charge is 0.324 e. The van der Waals surface area contributed by atoms with Crippen LogP contribution in [0.1, 0.15) is 26.7 Å². The van der Waals surface area contributed by atoms with Gasteiger partial charge in [-0.3, -0.25) is 0 Å². The first kappa shape index (κ1) is 15.0. The molecule has 0 amide bonds. The molecule has 22 heavy (non-hydrogen) atoms. The molecule has 6 heteroatoms. The fourth-order valence-corrected chi connectivity index (χ4v) is 2.77. The number of nitrogens with one attached hydrogen (secondary N) is 1.